The first-order valence-electron chi connectivity index (χ1n) is 8.73. The highest BCUT2D eigenvalue weighted by Crippen LogP contribution is 2.30. The number of halogens is 1. The molecule has 0 aliphatic carbocycles. The van der Waals surface area contributed by atoms with Gasteiger partial charge in [-0.2, -0.15) is 0 Å². The van der Waals surface area contributed by atoms with Crippen LogP contribution in [0.15, 0.2) is 66.0 Å². The van der Waals surface area contributed by atoms with Crippen molar-refractivity contribution in [1.29, 1.82) is 0 Å². The van der Waals surface area contributed by atoms with Crippen molar-refractivity contribution < 1.29 is 9.59 Å². The Hall–Kier alpha value is -2.77. The highest BCUT2D eigenvalue weighted by atomic mass is 35.5. The average Bonchev–Trinajstić information content (AvgIpc) is 3.33. The number of carbonyl (C=O) groups is 2. The first-order chi connectivity index (χ1) is 13.6. The third-order valence-electron chi connectivity index (χ3n) is 4.35. The molecule has 1 saturated heterocycles. The zero-order chi connectivity index (χ0) is 19.5. The lowest BCUT2D eigenvalue weighted by atomic mass is 10.1. The summed E-state index contributed by atoms with van der Waals surface area (Å²) in [5, 5.41) is 3.92. The van der Waals surface area contributed by atoms with Crippen LogP contribution < -0.4 is 5.32 Å². The maximum absolute atomic E-state index is 12.4. The van der Waals surface area contributed by atoms with E-state index < -0.39 is 0 Å². The average molecular weight is 413 g/mol. The Labute approximate surface area is 171 Å². The van der Waals surface area contributed by atoms with Crippen LogP contribution in [0.1, 0.15) is 0 Å². The summed E-state index contributed by atoms with van der Waals surface area (Å²) >= 11 is 7.49. The molecule has 0 radical (unpaired) electrons. The summed E-state index contributed by atoms with van der Waals surface area (Å²) in [5.74, 6) is -0.110. The molecule has 2 heterocycles. The molecule has 0 atom stereocenters. The minimum Gasteiger partial charge on any atom is -0.336 e. The number of hydrogen-bond donors (Lipinski definition) is 1. The third kappa shape index (κ3) is 3.76. The molecule has 1 fully saturated rings. The van der Waals surface area contributed by atoms with Crippen molar-refractivity contribution in [2.45, 2.75) is 5.16 Å². The second-order valence-corrected chi connectivity index (χ2v) is 7.55. The van der Waals surface area contributed by atoms with E-state index in [4.69, 9.17) is 11.6 Å². The Kier molecular flexibility index (Phi) is 5.36. The van der Waals surface area contributed by atoms with Gasteiger partial charge in [0.25, 0.3) is 0 Å². The molecular weight excluding hydrogens is 396 g/mol. The molecular formula is C20H17ClN4O2S. The molecule has 0 saturated carbocycles. The summed E-state index contributed by atoms with van der Waals surface area (Å²) in [7, 11) is 0. The van der Waals surface area contributed by atoms with E-state index >= 15 is 0 Å². The van der Waals surface area contributed by atoms with Gasteiger partial charge in [0.05, 0.1) is 17.6 Å². The highest BCUT2D eigenvalue weighted by Gasteiger charge is 2.26. The Morgan fingerprint density at radius 2 is 2.00 bits per heavy atom. The molecule has 142 valence electrons. The molecule has 8 heteroatoms. The van der Waals surface area contributed by atoms with E-state index in [-0.39, 0.29) is 17.7 Å². The number of hydrogen-bond acceptors (Lipinski definition) is 4. The van der Waals surface area contributed by atoms with Gasteiger partial charge in [-0.3, -0.25) is 14.3 Å². The number of nitrogens with one attached hydrogen (secondary N) is 1. The van der Waals surface area contributed by atoms with E-state index in [9.17, 15) is 9.59 Å². The summed E-state index contributed by atoms with van der Waals surface area (Å²) < 4.78 is 1.98. The number of thioether (sulfide) groups is 1. The van der Waals surface area contributed by atoms with Gasteiger partial charge in [0, 0.05) is 29.4 Å². The lowest BCUT2D eigenvalue weighted by Crippen LogP contribution is -2.35. The zero-order valence-electron chi connectivity index (χ0n) is 14.8. The van der Waals surface area contributed by atoms with Crippen LogP contribution in [0.4, 0.5) is 4.79 Å². The number of benzene rings is 2. The van der Waals surface area contributed by atoms with Crippen molar-refractivity contribution in [3.8, 4) is 16.9 Å². The normalized spacial score (nSPS) is 13.6. The number of urea groups is 1. The number of imide groups is 1. The maximum atomic E-state index is 12.4. The molecule has 1 N–H and O–H groups in total. The molecule has 6 nitrogen and oxygen atoms in total. The lowest BCUT2D eigenvalue weighted by molar-refractivity contribution is -0.124. The van der Waals surface area contributed by atoms with Gasteiger partial charge in [-0.1, -0.05) is 59.8 Å². The predicted molar refractivity (Wildman–Crippen MR) is 110 cm³/mol. The molecule has 0 bridgehead atoms. The number of imidazole rings is 1. The monoisotopic (exact) mass is 412 g/mol. The molecule has 1 aliphatic rings. The summed E-state index contributed by atoms with van der Waals surface area (Å²) in [6.45, 7) is 0.890. The Morgan fingerprint density at radius 1 is 1.18 bits per heavy atom. The minimum absolute atomic E-state index is 0.124. The van der Waals surface area contributed by atoms with Gasteiger partial charge in [-0.15, -0.1) is 0 Å². The standard InChI is InChI=1S/C20H17ClN4O2S/c21-15-7-4-8-16(11-15)25-17(14-5-2-1-3-6-14)12-23-20(25)28-13-18(26)24-10-9-22-19(24)27/h1-8,11-12H,9-10,13H2,(H,22,27). The summed E-state index contributed by atoms with van der Waals surface area (Å²) in [5.41, 5.74) is 2.77. The smallest absolute Gasteiger partial charge is 0.324 e. The second-order valence-electron chi connectivity index (χ2n) is 6.17. The number of carbonyl (C=O) groups excluding carboxylic acids is 2. The first-order valence-corrected chi connectivity index (χ1v) is 10.1. The molecule has 0 unspecified atom stereocenters. The number of rotatable bonds is 5. The molecule has 2 aromatic carbocycles. The van der Waals surface area contributed by atoms with Crippen LogP contribution in [0.5, 0.6) is 0 Å². The number of aromatic nitrogens is 2. The fourth-order valence-electron chi connectivity index (χ4n) is 3.03. The lowest BCUT2D eigenvalue weighted by Gasteiger charge is -2.14. The van der Waals surface area contributed by atoms with Crippen LogP contribution in [0.3, 0.4) is 0 Å². The van der Waals surface area contributed by atoms with Crippen molar-refractivity contribution >= 4 is 35.3 Å². The third-order valence-corrected chi connectivity index (χ3v) is 5.52. The molecule has 3 aromatic rings. The van der Waals surface area contributed by atoms with E-state index in [2.05, 4.69) is 10.3 Å². The van der Waals surface area contributed by atoms with Crippen LogP contribution in [-0.2, 0) is 4.79 Å². The first kappa shape index (κ1) is 18.6. The largest absolute Gasteiger partial charge is 0.336 e. The SMILES string of the molecule is O=C(CSc1ncc(-c2ccccc2)n1-c1cccc(Cl)c1)N1CCNC1=O. The van der Waals surface area contributed by atoms with Crippen LogP contribution in [0.2, 0.25) is 5.02 Å². The topological polar surface area (TPSA) is 67.2 Å². The van der Waals surface area contributed by atoms with Crippen LogP contribution in [0.25, 0.3) is 16.9 Å². The van der Waals surface area contributed by atoms with Crippen molar-refractivity contribution in [3.05, 3.63) is 65.8 Å². The quantitative estimate of drug-likeness (QED) is 0.646. The number of amides is 3. The van der Waals surface area contributed by atoms with Crippen LogP contribution in [0, 0.1) is 0 Å². The summed E-state index contributed by atoms with van der Waals surface area (Å²) in [6.07, 6.45) is 1.78. The van der Waals surface area contributed by atoms with E-state index in [1.165, 1.54) is 16.7 Å². The fraction of sp³-hybridized carbons (Fsp3) is 0.150. The number of nitrogens with zero attached hydrogens (tertiary/aromatic N) is 3. The van der Waals surface area contributed by atoms with Crippen LogP contribution in [-0.4, -0.2) is 45.2 Å². The van der Waals surface area contributed by atoms with Gasteiger partial charge >= 0.3 is 6.03 Å². The van der Waals surface area contributed by atoms with Crippen molar-refractivity contribution in [3.63, 3.8) is 0 Å². The molecule has 0 spiro atoms. The van der Waals surface area contributed by atoms with Crippen molar-refractivity contribution in [1.82, 2.24) is 19.8 Å². The summed E-state index contributed by atoms with van der Waals surface area (Å²) in [4.78, 5) is 29.8. The van der Waals surface area contributed by atoms with Gasteiger partial charge in [0.2, 0.25) is 5.91 Å². The highest BCUT2D eigenvalue weighted by molar-refractivity contribution is 7.99. The predicted octanol–water partition coefficient (Wildman–Crippen LogP) is 3.84. The zero-order valence-corrected chi connectivity index (χ0v) is 16.4. The molecule has 1 aliphatic heterocycles. The van der Waals surface area contributed by atoms with Gasteiger partial charge in [-0.05, 0) is 18.2 Å². The van der Waals surface area contributed by atoms with Gasteiger partial charge < -0.3 is 5.32 Å². The van der Waals surface area contributed by atoms with Crippen molar-refractivity contribution in [2.75, 3.05) is 18.8 Å². The Bertz CT molecular complexity index is 1020. The molecule has 3 amide bonds. The minimum atomic E-state index is -0.339. The van der Waals surface area contributed by atoms with E-state index in [1.807, 2.05) is 59.2 Å². The molecule has 4 rings (SSSR count). The second kappa shape index (κ2) is 8.08. The van der Waals surface area contributed by atoms with E-state index in [0.717, 1.165) is 16.9 Å². The van der Waals surface area contributed by atoms with Gasteiger partial charge in [0.15, 0.2) is 5.16 Å². The fourth-order valence-corrected chi connectivity index (χ4v) is 4.08. The van der Waals surface area contributed by atoms with E-state index in [0.29, 0.717) is 23.3 Å². The van der Waals surface area contributed by atoms with Gasteiger partial charge in [-0.25, -0.2) is 9.78 Å². The molecule has 1 aromatic heterocycles. The van der Waals surface area contributed by atoms with E-state index in [1.54, 1.807) is 6.20 Å². The van der Waals surface area contributed by atoms with Crippen LogP contribution >= 0.6 is 23.4 Å². The summed E-state index contributed by atoms with van der Waals surface area (Å²) in [6, 6.07) is 17.0. The van der Waals surface area contributed by atoms with Gasteiger partial charge in [0.1, 0.15) is 0 Å². The Morgan fingerprint density at radius 3 is 2.71 bits per heavy atom. The Balaban J connectivity index is 1.66. The van der Waals surface area contributed by atoms with Crippen molar-refractivity contribution in [2.24, 2.45) is 0 Å². The molecule has 28 heavy (non-hydrogen) atoms. The maximum Gasteiger partial charge on any atom is 0.324 e.